The summed E-state index contributed by atoms with van der Waals surface area (Å²) in [5.41, 5.74) is 7.41. The predicted octanol–water partition coefficient (Wildman–Crippen LogP) is 1.63. The van der Waals surface area contributed by atoms with E-state index in [4.69, 9.17) is 5.73 Å². The number of hydrogen-bond donors (Lipinski definition) is 3. The molecule has 1 aromatic heterocycles. The molecule has 0 radical (unpaired) electrons. The number of amides is 1. The summed E-state index contributed by atoms with van der Waals surface area (Å²) in [5.74, 6) is -0.0620. The van der Waals surface area contributed by atoms with Crippen LogP contribution in [0.1, 0.15) is 19.8 Å². The fourth-order valence-electron chi connectivity index (χ4n) is 1.66. The smallest absolute Gasteiger partial charge is 0.225 e. The molecule has 1 aromatic carbocycles. The monoisotopic (exact) mass is 232 g/mol. The Morgan fingerprint density at radius 3 is 3.18 bits per heavy atom. The summed E-state index contributed by atoms with van der Waals surface area (Å²) in [6, 6.07) is 5.55. The Balaban J connectivity index is 2.13. The number of hydrogen-bond acceptors (Lipinski definition) is 3. The van der Waals surface area contributed by atoms with E-state index in [9.17, 15) is 4.79 Å². The molecular formula is C12H16N4O. The molecule has 17 heavy (non-hydrogen) atoms. The number of benzene rings is 1. The molecule has 1 amide bonds. The first kappa shape index (κ1) is 11.6. The van der Waals surface area contributed by atoms with Crippen LogP contribution in [0, 0.1) is 0 Å². The van der Waals surface area contributed by atoms with Gasteiger partial charge in [-0.2, -0.15) is 5.10 Å². The zero-order valence-corrected chi connectivity index (χ0v) is 9.73. The molecule has 0 aliphatic carbocycles. The number of aromatic nitrogens is 2. The second-order valence-corrected chi connectivity index (χ2v) is 4.06. The highest BCUT2D eigenvalue weighted by molar-refractivity contribution is 6.00. The quantitative estimate of drug-likeness (QED) is 0.749. The van der Waals surface area contributed by atoms with Crippen LogP contribution in [0.25, 0.3) is 10.9 Å². The predicted molar refractivity (Wildman–Crippen MR) is 67.6 cm³/mol. The molecule has 0 saturated heterocycles. The number of fused-ring (bicyclic) bond motifs is 1. The minimum Gasteiger partial charge on any atom is -0.327 e. The normalized spacial score (nSPS) is 12.6. The van der Waals surface area contributed by atoms with Crippen molar-refractivity contribution in [1.82, 2.24) is 10.2 Å². The summed E-state index contributed by atoms with van der Waals surface area (Å²) < 4.78 is 0. The number of nitrogens with two attached hydrogens (primary N) is 1. The average Bonchev–Trinajstić information content (AvgIpc) is 2.78. The summed E-state index contributed by atoms with van der Waals surface area (Å²) >= 11 is 0. The fraction of sp³-hybridized carbons (Fsp3) is 0.333. The summed E-state index contributed by atoms with van der Waals surface area (Å²) in [6.07, 6.45) is 2.83. The van der Waals surface area contributed by atoms with Gasteiger partial charge in [0.2, 0.25) is 5.91 Å². The fourth-order valence-corrected chi connectivity index (χ4v) is 1.66. The zero-order valence-electron chi connectivity index (χ0n) is 9.73. The molecule has 90 valence electrons. The topological polar surface area (TPSA) is 83.8 Å². The Morgan fingerprint density at radius 2 is 2.41 bits per heavy atom. The molecular weight excluding hydrogens is 216 g/mol. The number of nitrogens with one attached hydrogen (secondary N) is 2. The van der Waals surface area contributed by atoms with E-state index in [0.717, 1.165) is 23.0 Å². The molecule has 5 heteroatoms. The largest absolute Gasteiger partial charge is 0.327 e. The van der Waals surface area contributed by atoms with E-state index in [0.29, 0.717) is 6.42 Å². The van der Waals surface area contributed by atoms with Crippen LogP contribution in [0.3, 0.4) is 0 Å². The Morgan fingerprint density at radius 1 is 1.59 bits per heavy atom. The highest BCUT2D eigenvalue weighted by Gasteiger charge is 2.09. The Hall–Kier alpha value is -1.88. The van der Waals surface area contributed by atoms with Gasteiger partial charge in [0.15, 0.2) is 0 Å². The van der Waals surface area contributed by atoms with Crippen molar-refractivity contribution in [2.45, 2.75) is 25.8 Å². The van der Waals surface area contributed by atoms with E-state index < -0.39 is 0 Å². The van der Waals surface area contributed by atoms with Gasteiger partial charge in [-0.1, -0.05) is 13.0 Å². The molecule has 0 bridgehead atoms. The Bertz CT molecular complexity index is 520. The highest BCUT2D eigenvalue weighted by Crippen LogP contribution is 2.21. The van der Waals surface area contributed by atoms with Crippen molar-refractivity contribution in [1.29, 1.82) is 0 Å². The molecule has 5 nitrogen and oxygen atoms in total. The van der Waals surface area contributed by atoms with Crippen LogP contribution >= 0.6 is 0 Å². The first-order chi connectivity index (χ1) is 8.20. The molecule has 0 saturated carbocycles. The minimum atomic E-state index is -0.0847. The number of carbonyl (C=O) groups excluding carboxylic acids is 1. The summed E-state index contributed by atoms with van der Waals surface area (Å²) in [4.78, 5) is 11.7. The van der Waals surface area contributed by atoms with Crippen molar-refractivity contribution >= 4 is 22.5 Å². The van der Waals surface area contributed by atoms with Crippen LogP contribution in [0.2, 0.25) is 0 Å². The number of aromatic amines is 1. The lowest BCUT2D eigenvalue weighted by atomic mass is 10.1. The summed E-state index contributed by atoms with van der Waals surface area (Å²) in [7, 11) is 0. The minimum absolute atomic E-state index is 0.0620. The maximum atomic E-state index is 11.7. The molecule has 0 aliphatic rings. The zero-order chi connectivity index (χ0) is 12.3. The lowest BCUT2D eigenvalue weighted by Crippen LogP contribution is -2.26. The van der Waals surface area contributed by atoms with Gasteiger partial charge in [0.05, 0.1) is 17.4 Å². The third-order valence-electron chi connectivity index (χ3n) is 2.73. The van der Waals surface area contributed by atoms with Crippen LogP contribution in [0.15, 0.2) is 24.4 Å². The number of rotatable bonds is 4. The summed E-state index contributed by atoms with van der Waals surface area (Å²) in [6.45, 7) is 1.97. The van der Waals surface area contributed by atoms with Gasteiger partial charge in [0.1, 0.15) is 0 Å². The van der Waals surface area contributed by atoms with Gasteiger partial charge in [-0.15, -0.1) is 0 Å². The van der Waals surface area contributed by atoms with E-state index in [2.05, 4.69) is 15.5 Å². The van der Waals surface area contributed by atoms with Gasteiger partial charge >= 0.3 is 0 Å². The molecule has 0 spiro atoms. The van der Waals surface area contributed by atoms with Crippen LogP contribution in [0.5, 0.6) is 0 Å². The summed E-state index contributed by atoms with van der Waals surface area (Å²) in [5, 5.41) is 10.6. The van der Waals surface area contributed by atoms with Crippen molar-refractivity contribution < 1.29 is 4.79 Å². The van der Waals surface area contributed by atoms with E-state index in [-0.39, 0.29) is 11.9 Å². The molecule has 1 atom stereocenters. The van der Waals surface area contributed by atoms with Crippen LogP contribution in [-0.4, -0.2) is 22.1 Å². The van der Waals surface area contributed by atoms with E-state index in [1.54, 1.807) is 6.20 Å². The first-order valence-electron chi connectivity index (χ1n) is 5.68. The highest BCUT2D eigenvalue weighted by atomic mass is 16.1. The van der Waals surface area contributed by atoms with Gasteiger partial charge in [0, 0.05) is 17.8 Å². The van der Waals surface area contributed by atoms with Gasteiger partial charge in [-0.05, 0) is 18.6 Å². The third-order valence-corrected chi connectivity index (χ3v) is 2.73. The van der Waals surface area contributed by atoms with Crippen molar-refractivity contribution in [3.8, 4) is 0 Å². The van der Waals surface area contributed by atoms with E-state index in [1.165, 1.54) is 0 Å². The lowest BCUT2D eigenvalue weighted by Gasteiger charge is -2.09. The van der Waals surface area contributed by atoms with Crippen molar-refractivity contribution in [3.05, 3.63) is 24.4 Å². The van der Waals surface area contributed by atoms with Crippen LogP contribution in [-0.2, 0) is 4.79 Å². The van der Waals surface area contributed by atoms with Gasteiger partial charge in [0.25, 0.3) is 0 Å². The molecule has 2 rings (SSSR count). The first-order valence-corrected chi connectivity index (χ1v) is 5.68. The number of H-pyrrole nitrogens is 1. The van der Waals surface area contributed by atoms with Crippen molar-refractivity contribution in [2.24, 2.45) is 5.73 Å². The van der Waals surface area contributed by atoms with Crippen LogP contribution < -0.4 is 11.1 Å². The van der Waals surface area contributed by atoms with Gasteiger partial charge < -0.3 is 11.1 Å². The molecule has 0 fully saturated rings. The second kappa shape index (κ2) is 4.97. The second-order valence-electron chi connectivity index (χ2n) is 4.06. The van der Waals surface area contributed by atoms with Crippen LogP contribution in [0.4, 0.5) is 5.69 Å². The Kier molecular flexibility index (Phi) is 3.39. The molecule has 1 unspecified atom stereocenters. The van der Waals surface area contributed by atoms with Gasteiger partial charge in [-0.3, -0.25) is 9.89 Å². The molecule has 0 aliphatic heterocycles. The van der Waals surface area contributed by atoms with Crippen molar-refractivity contribution in [3.63, 3.8) is 0 Å². The average molecular weight is 232 g/mol. The third kappa shape index (κ3) is 2.62. The lowest BCUT2D eigenvalue weighted by molar-refractivity contribution is -0.116. The SMILES string of the molecule is CCC(N)CC(=O)Nc1cccc2[nH]ncc12. The van der Waals surface area contributed by atoms with Crippen molar-refractivity contribution in [2.75, 3.05) is 5.32 Å². The maximum Gasteiger partial charge on any atom is 0.225 e. The number of nitrogens with zero attached hydrogens (tertiary/aromatic N) is 1. The standard InChI is InChI=1S/C12H16N4O/c1-2-8(13)6-12(17)15-10-4-3-5-11-9(10)7-14-16-11/h3-5,7-8H,2,6,13H2,1H3,(H,14,16)(H,15,17). The number of anilines is 1. The molecule has 2 aromatic rings. The van der Waals surface area contributed by atoms with E-state index >= 15 is 0 Å². The van der Waals surface area contributed by atoms with E-state index in [1.807, 2.05) is 25.1 Å². The van der Waals surface area contributed by atoms with Gasteiger partial charge in [-0.25, -0.2) is 0 Å². The maximum absolute atomic E-state index is 11.7. The molecule has 4 N–H and O–H groups in total. The molecule has 1 heterocycles. The number of carbonyl (C=O) groups is 1. The Labute approximate surface area is 99.4 Å².